The molecule has 0 aromatic heterocycles. The predicted octanol–water partition coefficient (Wildman–Crippen LogP) is 2.97. The van der Waals surface area contributed by atoms with Crippen LogP contribution in [-0.2, 0) is 12.8 Å². The summed E-state index contributed by atoms with van der Waals surface area (Å²) >= 11 is 0. The molecular weight excluding hydrogens is 232 g/mol. The molecular formula is C17H26N2. The van der Waals surface area contributed by atoms with Gasteiger partial charge in [0.2, 0.25) is 0 Å². The number of benzene rings is 1. The van der Waals surface area contributed by atoms with E-state index in [2.05, 4.69) is 35.8 Å². The van der Waals surface area contributed by atoms with Crippen molar-refractivity contribution < 1.29 is 0 Å². The summed E-state index contributed by atoms with van der Waals surface area (Å²) < 4.78 is 0. The molecule has 19 heavy (non-hydrogen) atoms. The second kappa shape index (κ2) is 6.06. The first-order valence-corrected chi connectivity index (χ1v) is 7.91. The minimum Gasteiger partial charge on any atom is -0.313 e. The predicted molar refractivity (Wildman–Crippen MR) is 80.5 cm³/mol. The molecule has 1 aliphatic heterocycles. The molecule has 1 heterocycles. The molecule has 3 rings (SSSR count). The van der Waals surface area contributed by atoms with E-state index in [0.717, 1.165) is 6.54 Å². The van der Waals surface area contributed by atoms with Crippen LogP contribution in [0, 0.1) is 0 Å². The molecule has 2 heteroatoms. The normalized spacial score (nSPS) is 24.2. The molecule has 2 aliphatic rings. The Bertz CT molecular complexity index is 421. The fourth-order valence-electron chi connectivity index (χ4n) is 3.39. The lowest BCUT2D eigenvalue weighted by molar-refractivity contribution is 0.489. The lowest BCUT2D eigenvalue weighted by Gasteiger charge is -2.21. The van der Waals surface area contributed by atoms with Gasteiger partial charge >= 0.3 is 0 Å². The van der Waals surface area contributed by atoms with Crippen LogP contribution in [0.1, 0.15) is 55.3 Å². The quantitative estimate of drug-likeness (QED) is 0.867. The van der Waals surface area contributed by atoms with Gasteiger partial charge < -0.3 is 10.6 Å². The second-order valence-corrected chi connectivity index (χ2v) is 6.16. The largest absolute Gasteiger partial charge is 0.313 e. The number of hydrogen-bond acceptors (Lipinski definition) is 2. The Morgan fingerprint density at radius 2 is 2.05 bits per heavy atom. The zero-order valence-corrected chi connectivity index (χ0v) is 12.0. The first kappa shape index (κ1) is 13.1. The summed E-state index contributed by atoms with van der Waals surface area (Å²) in [6.07, 6.45) is 7.95. The summed E-state index contributed by atoms with van der Waals surface area (Å²) in [5, 5.41) is 7.24. The summed E-state index contributed by atoms with van der Waals surface area (Å²) in [4.78, 5) is 0. The van der Waals surface area contributed by atoms with Gasteiger partial charge in [-0.15, -0.1) is 0 Å². The van der Waals surface area contributed by atoms with E-state index in [-0.39, 0.29) is 0 Å². The van der Waals surface area contributed by atoms with Gasteiger partial charge in [0, 0.05) is 18.6 Å². The Kier molecular flexibility index (Phi) is 4.19. The van der Waals surface area contributed by atoms with Crippen LogP contribution < -0.4 is 10.6 Å². The number of nitrogens with one attached hydrogen (secondary N) is 2. The topological polar surface area (TPSA) is 24.1 Å². The molecule has 2 unspecified atom stereocenters. The smallest absolute Gasteiger partial charge is 0.0292 e. The highest BCUT2D eigenvalue weighted by molar-refractivity contribution is 5.35. The van der Waals surface area contributed by atoms with Crippen molar-refractivity contribution in [3.05, 3.63) is 34.9 Å². The van der Waals surface area contributed by atoms with Gasteiger partial charge in [-0.1, -0.05) is 18.2 Å². The van der Waals surface area contributed by atoms with Crippen LogP contribution in [0.3, 0.4) is 0 Å². The van der Waals surface area contributed by atoms with E-state index in [1.54, 1.807) is 11.1 Å². The van der Waals surface area contributed by atoms with Crippen molar-refractivity contribution in [2.75, 3.05) is 13.1 Å². The number of hydrogen-bond donors (Lipinski definition) is 2. The Hall–Kier alpha value is -0.860. The van der Waals surface area contributed by atoms with Crippen molar-refractivity contribution in [2.45, 2.75) is 57.5 Å². The average Bonchev–Trinajstić information content (AvgIpc) is 2.97. The highest BCUT2D eigenvalue weighted by Gasteiger charge is 2.16. The first-order chi connectivity index (χ1) is 9.33. The van der Waals surface area contributed by atoms with E-state index in [4.69, 9.17) is 0 Å². The third kappa shape index (κ3) is 3.18. The van der Waals surface area contributed by atoms with E-state index in [0.29, 0.717) is 12.1 Å². The molecule has 2 atom stereocenters. The molecule has 1 fully saturated rings. The van der Waals surface area contributed by atoms with Gasteiger partial charge in [0.1, 0.15) is 0 Å². The molecule has 0 saturated carbocycles. The van der Waals surface area contributed by atoms with E-state index < -0.39 is 0 Å². The molecule has 0 spiro atoms. The molecule has 1 aromatic rings. The van der Waals surface area contributed by atoms with E-state index in [1.807, 2.05) is 0 Å². The minimum atomic E-state index is 0.467. The standard InChI is InChI=1S/C17H26N2/c1-13(19-12-17-7-4-10-18-17)15-9-8-14-5-2-3-6-16(14)11-15/h8-9,11,13,17-19H,2-7,10,12H2,1H3. The van der Waals surface area contributed by atoms with Gasteiger partial charge in [0.15, 0.2) is 0 Å². The van der Waals surface area contributed by atoms with Crippen LogP contribution in [0.2, 0.25) is 0 Å². The Morgan fingerprint density at radius 1 is 1.21 bits per heavy atom. The maximum Gasteiger partial charge on any atom is 0.0292 e. The third-order valence-electron chi connectivity index (χ3n) is 4.71. The maximum atomic E-state index is 3.69. The van der Waals surface area contributed by atoms with Crippen LogP contribution in [0.5, 0.6) is 0 Å². The number of fused-ring (bicyclic) bond motifs is 1. The van der Waals surface area contributed by atoms with Crippen LogP contribution in [0.15, 0.2) is 18.2 Å². The van der Waals surface area contributed by atoms with Crippen molar-refractivity contribution in [1.29, 1.82) is 0 Å². The highest BCUT2D eigenvalue weighted by atomic mass is 15.0. The van der Waals surface area contributed by atoms with Crippen LogP contribution >= 0.6 is 0 Å². The molecule has 0 radical (unpaired) electrons. The van der Waals surface area contributed by atoms with Gasteiger partial charge in [-0.25, -0.2) is 0 Å². The lowest BCUT2D eigenvalue weighted by Crippen LogP contribution is -2.35. The fraction of sp³-hybridized carbons (Fsp3) is 0.647. The van der Waals surface area contributed by atoms with E-state index in [9.17, 15) is 0 Å². The zero-order chi connectivity index (χ0) is 13.1. The molecule has 0 bridgehead atoms. The average molecular weight is 258 g/mol. The summed E-state index contributed by atoms with van der Waals surface area (Å²) in [6.45, 7) is 4.58. The zero-order valence-electron chi connectivity index (χ0n) is 12.0. The van der Waals surface area contributed by atoms with Gasteiger partial charge in [0.05, 0.1) is 0 Å². The van der Waals surface area contributed by atoms with Crippen LogP contribution in [0.25, 0.3) is 0 Å². The van der Waals surface area contributed by atoms with Crippen molar-refractivity contribution in [3.63, 3.8) is 0 Å². The Labute approximate surface area is 117 Å². The summed E-state index contributed by atoms with van der Waals surface area (Å²) in [6, 6.07) is 8.27. The highest BCUT2D eigenvalue weighted by Crippen LogP contribution is 2.24. The van der Waals surface area contributed by atoms with Crippen molar-refractivity contribution >= 4 is 0 Å². The third-order valence-corrected chi connectivity index (χ3v) is 4.71. The van der Waals surface area contributed by atoms with Crippen LogP contribution in [-0.4, -0.2) is 19.1 Å². The van der Waals surface area contributed by atoms with Gasteiger partial charge in [-0.05, 0) is 68.7 Å². The second-order valence-electron chi connectivity index (χ2n) is 6.16. The molecule has 1 saturated heterocycles. The first-order valence-electron chi connectivity index (χ1n) is 7.91. The van der Waals surface area contributed by atoms with E-state index >= 15 is 0 Å². The molecule has 1 aromatic carbocycles. The summed E-state index contributed by atoms with van der Waals surface area (Å²) in [5.74, 6) is 0. The SMILES string of the molecule is CC(NCC1CCCN1)c1ccc2c(c1)CCCC2. The van der Waals surface area contributed by atoms with Crippen molar-refractivity contribution in [1.82, 2.24) is 10.6 Å². The molecule has 104 valence electrons. The van der Waals surface area contributed by atoms with Gasteiger partial charge in [-0.2, -0.15) is 0 Å². The van der Waals surface area contributed by atoms with Crippen LogP contribution in [0.4, 0.5) is 0 Å². The molecule has 2 N–H and O–H groups in total. The van der Waals surface area contributed by atoms with Gasteiger partial charge in [0.25, 0.3) is 0 Å². The summed E-state index contributed by atoms with van der Waals surface area (Å²) in [7, 11) is 0. The fourth-order valence-corrected chi connectivity index (χ4v) is 3.39. The molecule has 2 nitrogen and oxygen atoms in total. The van der Waals surface area contributed by atoms with Gasteiger partial charge in [-0.3, -0.25) is 0 Å². The Balaban J connectivity index is 1.60. The van der Waals surface area contributed by atoms with Crippen molar-refractivity contribution in [3.8, 4) is 0 Å². The number of aryl methyl sites for hydroxylation is 2. The summed E-state index contributed by atoms with van der Waals surface area (Å²) in [5.41, 5.74) is 4.63. The minimum absolute atomic E-state index is 0.467. The molecule has 1 aliphatic carbocycles. The maximum absolute atomic E-state index is 3.69. The lowest BCUT2D eigenvalue weighted by atomic mass is 9.89. The Morgan fingerprint density at radius 3 is 2.84 bits per heavy atom. The molecule has 0 amide bonds. The van der Waals surface area contributed by atoms with E-state index in [1.165, 1.54) is 50.6 Å². The monoisotopic (exact) mass is 258 g/mol. The number of rotatable bonds is 4. The van der Waals surface area contributed by atoms with Crippen molar-refractivity contribution in [2.24, 2.45) is 0 Å².